The van der Waals surface area contributed by atoms with Gasteiger partial charge in [-0.2, -0.15) is 0 Å². The summed E-state index contributed by atoms with van der Waals surface area (Å²) in [6.07, 6.45) is -0.650. The number of anilines is 3. The highest BCUT2D eigenvalue weighted by Crippen LogP contribution is 2.24. The summed E-state index contributed by atoms with van der Waals surface area (Å²) in [6, 6.07) is 19.2. The maximum absolute atomic E-state index is 13.0. The van der Waals surface area contributed by atoms with Gasteiger partial charge in [0.05, 0.1) is 0 Å². The molecular formula is C28H35N5O4. The lowest BCUT2D eigenvalue weighted by Gasteiger charge is -2.17. The highest BCUT2D eigenvalue weighted by molar-refractivity contribution is 6.07. The van der Waals surface area contributed by atoms with Crippen molar-refractivity contribution < 1.29 is 19.4 Å². The number of aliphatic hydroxyl groups is 1. The van der Waals surface area contributed by atoms with Crippen molar-refractivity contribution in [3.05, 3.63) is 83.4 Å². The fraction of sp³-hybridized carbons (Fsp3) is 0.286. The van der Waals surface area contributed by atoms with Crippen LogP contribution in [0.15, 0.2) is 66.7 Å². The molecule has 0 saturated carbocycles. The fourth-order valence-electron chi connectivity index (χ4n) is 3.67. The van der Waals surface area contributed by atoms with E-state index in [0.29, 0.717) is 34.8 Å². The van der Waals surface area contributed by atoms with Gasteiger partial charge in [-0.1, -0.05) is 18.2 Å². The lowest BCUT2D eigenvalue weighted by molar-refractivity contribution is 0.0830. The Labute approximate surface area is 217 Å². The quantitative estimate of drug-likeness (QED) is 0.316. The van der Waals surface area contributed by atoms with Crippen molar-refractivity contribution in [3.63, 3.8) is 0 Å². The van der Waals surface area contributed by atoms with E-state index in [2.05, 4.69) is 10.6 Å². The maximum Gasteiger partial charge on any atom is 0.255 e. The minimum absolute atomic E-state index is 0.111. The molecule has 9 heteroatoms. The molecule has 0 saturated heterocycles. The molecule has 0 radical (unpaired) electrons. The number of amides is 2. The smallest absolute Gasteiger partial charge is 0.255 e. The molecule has 196 valence electrons. The van der Waals surface area contributed by atoms with Crippen molar-refractivity contribution >= 4 is 28.9 Å². The number of benzene rings is 3. The molecule has 3 aromatic rings. The number of nitrogens with one attached hydrogen (secondary N) is 2. The van der Waals surface area contributed by atoms with Crippen LogP contribution in [0.3, 0.4) is 0 Å². The van der Waals surface area contributed by atoms with Crippen LogP contribution in [0.4, 0.5) is 17.1 Å². The molecule has 0 bridgehead atoms. The van der Waals surface area contributed by atoms with Gasteiger partial charge < -0.3 is 36.0 Å². The number of nitrogens with two attached hydrogens (primary N) is 1. The monoisotopic (exact) mass is 505 g/mol. The summed E-state index contributed by atoms with van der Waals surface area (Å²) >= 11 is 0. The minimum atomic E-state index is -0.650. The van der Waals surface area contributed by atoms with Crippen LogP contribution in [0.25, 0.3) is 0 Å². The molecule has 0 aliphatic carbocycles. The second-order valence-corrected chi connectivity index (χ2v) is 9.18. The predicted octanol–water partition coefficient (Wildman–Crippen LogP) is 3.02. The normalized spacial score (nSPS) is 11.6. The van der Waals surface area contributed by atoms with Crippen LogP contribution in [0.2, 0.25) is 0 Å². The molecule has 5 N–H and O–H groups in total. The van der Waals surface area contributed by atoms with E-state index in [1.54, 1.807) is 54.6 Å². The molecule has 1 atom stereocenters. The first kappa shape index (κ1) is 27.7. The van der Waals surface area contributed by atoms with Crippen LogP contribution in [0, 0.1) is 0 Å². The molecule has 0 aliphatic rings. The van der Waals surface area contributed by atoms with E-state index < -0.39 is 6.10 Å². The number of hydrogen-bond acceptors (Lipinski definition) is 7. The van der Waals surface area contributed by atoms with E-state index in [4.69, 9.17) is 10.5 Å². The van der Waals surface area contributed by atoms with E-state index in [-0.39, 0.29) is 25.0 Å². The van der Waals surface area contributed by atoms with Crippen molar-refractivity contribution in [2.75, 3.05) is 56.9 Å². The number of nitrogens with zero attached hydrogens (tertiary/aromatic N) is 2. The van der Waals surface area contributed by atoms with Gasteiger partial charge in [-0.05, 0) is 68.2 Å². The first-order valence-corrected chi connectivity index (χ1v) is 11.9. The highest BCUT2D eigenvalue weighted by atomic mass is 16.5. The van der Waals surface area contributed by atoms with E-state index in [1.165, 1.54) is 0 Å². The van der Waals surface area contributed by atoms with Crippen molar-refractivity contribution in [1.82, 2.24) is 4.90 Å². The fourth-order valence-corrected chi connectivity index (χ4v) is 3.67. The van der Waals surface area contributed by atoms with Gasteiger partial charge in [0.25, 0.3) is 11.8 Å². The number of hydrogen-bond donors (Lipinski definition) is 4. The second-order valence-electron chi connectivity index (χ2n) is 9.18. The Hall–Kier alpha value is -3.92. The van der Waals surface area contributed by atoms with Crippen molar-refractivity contribution in [2.45, 2.75) is 12.6 Å². The lowest BCUT2D eigenvalue weighted by atomic mass is 10.1. The molecule has 0 heterocycles. The second kappa shape index (κ2) is 12.9. The summed E-state index contributed by atoms with van der Waals surface area (Å²) in [7, 11) is 7.56. The molecule has 2 amide bonds. The van der Waals surface area contributed by atoms with Crippen molar-refractivity contribution in [2.24, 2.45) is 5.73 Å². The van der Waals surface area contributed by atoms with Gasteiger partial charge in [0.2, 0.25) is 0 Å². The first-order chi connectivity index (χ1) is 17.7. The Morgan fingerprint density at radius 1 is 0.919 bits per heavy atom. The van der Waals surface area contributed by atoms with Gasteiger partial charge in [0, 0.05) is 55.4 Å². The third-order valence-corrected chi connectivity index (χ3v) is 5.58. The van der Waals surface area contributed by atoms with Crippen LogP contribution >= 0.6 is 0 Å². The van der Waals surface area contributed by atoms with Crippen LogP contribution in [-0.2, 0) is 6.54 Å². The Bertz CT molecular complexity index is 1230. The number of rotatable bonds is 11. The van der Waals surface area contributed by atoms with E-state index in [0.717, 1.165) is 11.3 Å². The zero-order chi connectivity index (χ0) is 26.9. The molecule has 0 aliphatic heterocycles. The molecule has 1 unspecified atom stereocenters. The number of carbonyl (C=O) groups excluding carboxylic acids is 2. The molecule has 0 aromatic heterocycles. The number of carbonyl (C=O) groups is 2. The average molecular weight is 506 g/mol. The van der Waals surface area contributed by atoms with Crippen LogP contribution in [0.5, 0.6) is 5.75 Å². The number of aliphatic hydroxyl groups excluding tert-OH is 1. The largest absolute Gasteiger partial charge is 0.491 e. The number of likely N-dealkylation sites (N-methyl/N-ethyl adjacent to an activating group) is 1. The van der Waals surface area contributed by atoms with Gasteiger partial charge in [-0.3, -0.25) is 9.59 Å². The number of ether oxygens (including phenoxy) is 1. The summed E-state index contributed by atoms with van der Waals surface area (Å²) in [5.74, 6) is -0.135. The van der Waals surface area contributed by atoms with Crippen LogP contribution < -0.4 is 26.0 Å². The highest BCUT2D eigenvalue weighted by Gasteiger charge is 2.14. The topological polar surface area (TPSA) is 120 Å². The summed E-state index contributed by atoms with van der Waals surface area (Å²) in [6.45, 7) is 0.789. The van der Waals surface area contributed by atoms with E-state index in [9.17, 15) is 14.7 Å². The van der Waals surface area contributed by atoms with Gasteiger partial charge in [-0.15, -0.1) is 0 Å². The summed E-state index contributed by atoms with van der Waals surface area (Å²) in [4.78, 5) is 29.6. The summed E-state index contributed by atoms with van der Waals surface area (Å²) in [5.41, 5.74) is 9.46. The molecular weight excluding hydrogens is 470 g/mol. The molecule has 0 fully saturated rings. The third-order valence-electron chi connectivity index (χ3n) is 5.58. The zero-order valence-electron chi connectivity index (χ0n) is 21.7. The SMILES string of the molecule is CN(C)CC(O)COc1cccc(C(=O)Nc2cc(NC(=O)c3cccc(N(C)C)c3)ccc2CN)c1. The standard InChI is InChI=1S/C28H35N5O4/c1-32(2)17-24(34)18-37-25-10-6-8-20(14-25)28(36)31-26-15-22(12-11-21(26)16-29)30-27(35)19-7-5-9-23(13-19)33(3)4/h5-15,24,34H,16-18,29H2,1-4H3,(H,30,35)(H,31,36). The lowest BCUT2D eigenvalue weighted by Crippen LogP contribution is -2.30. The molecule has 9 nitrogen and oxygen atoms in total. The molecule has 0 spiro atoms. The van der Waals surface area contributed by atoms with Crippen molar-refractivity contribution in [1.29, 1.82) is 0 Å². The van der Waals surface area contributed by atoms with Gasteiger partial charge in [0.15, 0.2) is 0 Å². The van der Waals surface area contributed by atoms with Gasteiger partial charge in [-0.25, -0.2) is 0 Å². The maximum atomic E-state index is 13.0. The van der Waals surface area contributed by atoms with Gasteiger partial charge in [0.1, 0.15) is 18.5 Å². The first-order valence-electron chi connectivity index (χ1n) is 11.9. The Kier molecular flexibility index (Phi) is 9.62. The predicted molar refractivity (Wildman–Crippen MR) is 148 cm³/mol. The molecule has 37 heavy (non-hydrogen) atoms. The van der Waals surface area contributed by atoms with Crippen molar-refractivity contribution in [3.8, 4) is 5.75 Å². The van der Waals surface area contributed by atoms with E-state index >= 15 is 0 Å². The third kappa shape index (κ3) is 8.04. The zero-order valence-corrected chi connectivity index (χ0v) is 21.7. The Morgan fingerprint density at radius 2 is 1.59 bits per heavy atom. The minimum Gasteiger partial charge on any atom is -0.491 e. The van der Waals surface area contributed by atoms with Gasteiger partial charge >= 0.3 is 0 Å². The summed E-state index contributed by atoms with van der Waals surface area (Å²) < 4.78 is 5.66. The summed E-state index contributed by atoms with van der Waals surface area (Å²) in [5, 5.41) is 15.8. The van der Waals surface area contributed by atoms with Crippen LogP contribution in [-0.4, -0.2) is 69.3 Å². The Morgan fingerprint density at radius 3 is 2.27 bits per heavy atom. The molecule has 3 rings (SSSR count). The molecule has 3 aromatic carbocycles. The Balaban J connectivity index is 1.71. The average Bonchev–Trinajstić information content (AvgIpc) is 2.87. The van der Waals surface area contributed by atoms with Crippen LogP contribution in [0.1, 0.15) is 26.3 Å². The van der Waals surface area contributed by atoms with E-state index in [1.807, 2.05) is 50.1 Å².